The molecular weight excluding hydrogens is 228 g/mol. The van der Waals surface area contributed by atoms with E-state index < -0.39 is 0 Å². The van der Waals surface area contributed by atoms with Gasteiger partial charge in [-0.25, -0.2) is 0 Å². The first-order valence-corrected chi connectivity index (χ1v) is 7.50. The van der Waals surface area contributed by atoms with Gasteiger partial charge in [-0.1, -0.05) is 30.3 Å². The number of amidine groups is 1. The SMILES string of the molecule is CSC1CCC(N=C(N)c2ccccc2)CC1. The van der Waals surface area contributed by atoms with Crippen molar-refractivity contribution in [3.63, 3.8) is 0 Å². The lowest BCUT2D eigenvalue weighted by Crippen LogP contribution is -2.23. The molecule has 1 aromatic carbocycles. The van der Waals surface area contributed by atoms with Gasteiger partial charge in [0.2, 0.25) is 0 Å². The summed E-state index contributed by atoms with van der Waals surface area (Å²) in [5.41, 5.74) is 7.08. The van der Waals surface area contributed by atoms with Crippen molar-refractivity contribution >= 4 is 17.6 Å². The minimum absolute atomic E-state index is 0.429. The van der Waals surface area contributed by atoms with E-state index in [0.29, 0.717) is 11.9 Å². The lowest BCUT2D eigenvalue weighted by molar-refractivity contribution is 0.453. The molecule has 1 aliphatic rings. The maximum atomic E-state index is 6.04. The van der Waals surface area contributed by atoms with Gasteiger partial charge in [-0.05, 0) is 31.9 Å². The van der Waals surface area contributed by atoms with E-state index in [1.54, 1.807) is 0 Å². The van der Waals surface area contributed by atoms with Crippen LogP contribution >= 0.6 is 11.8 Å². The van der Waals surface area contributed by atoms with E-state index in [9.17, 15) is 0 Å². The largest absolute Gasteiger partial charge is 0.383 e. The van der Waals surface area contributed by atoms with Gasteiger partial charge in [0.15, 0.2) is 0 Å². The summed E-state index contributed by atoms with van der Waals surface area (Å²) < 4.78 is 0. The molecule has 0 bridgehead atoms. The fourth-order valence-corrected chi connectivity index (χ4v) is 3.03. The van der Waals surface area contributed by atoms with E-state index in [1.807, 2.05) is 42.1 Å². The molecule has 17 heavy (non-hydrogen) atoms. The first kappa shape index (κ1) is 12.5. The highest BCUT2D eigenvalue weighted by molar-refractivity contribution is 7.99. The highest BCUT2D eigenvalue weighted by Crippen LogP contribution is 2.28. The molecule has 0 heterocycles. The molecule has 92 valence electrons. The van der Waals surface area contributed by atoms with E-state index >= 15 is 0 Å². The lowest BCUT2D eigenvalue weighted by atomic mass is 9.95. The Morgan fingerprint density at radius 2 is 1.82 bits per heavy atom. The first-order chi connectivity index (χ1) is 8.29. The normalized spacial score (nSPS) is 25.8. The lowest BCUT2D eigenvalue weighted by Gasteiger charge is -2.25. The Bertz CT molecular complexity index is 367. The number of rotatable bonds is 3. The fourth-order valence-electron chi connectivity index (χ4n) is 2.29. The van der Waals surface area contributed by atoms with Crippen LogP contribution in [0.4, 0.5) is 0 Å². The predicted octanol–water partition coefficient (Wildman–Crippen LogP) is 3.07. The van der Waals surface area contributed by atoms with Gasteiger partial charge < -0.3 is 5.73 Å². The van der Waals surface area contributed by atoms with Crippen LogP contribution in [0.5, 0.6) is 0 Å². The first-order valence-electron chi connectivity index (χ1n) is 6.21. The van der Waals surface area contributed by atoms with Gasteiger partial charge in [-0.3, -0.25) is 4.99 Å². The maximum Gasteiger partial charge on any atom is 0.125 e. The number of nitrogens with zero attached hydrogens (tertiary/aromatic N) is 1. The monoisotopic (exact) mass is 248 g/mol. The van der Waals surface area contributed by atoms with Crippen LogP contribution in [0.25, 0.3) is 0 Å². The molecule has 2 nitrogen and oxygen atoms in total. The van der Waals surface area contributed by atoms with Crippen molar-refractivity contribution < 1.29 is 0 Å². The van der Waals surface area contributed by atoms with Crippen LogP contribution in [0.2, 0.25) is 0 Å². The van der Waals surface area contributed by atoms with E-state index in [-0.39, 0.29) is 0 Å². The molecule has 0 radical (unpaired) electrons. The predicted molar refractivity (Wildman–Crippen MR) is 76.7 cm³/mol. The second kappa shape index (κ2) is 6.10. The van der Waals surface area contributed by atoms with Crippen LogP contribution in [0.15, 0.2) is 35.3 Å². The van der Waals surface area contributed by atoms with Crippen molar-refractivity contribution in [1.82, 2.24) is 0 Å². The third-order valence-corrected chi connectivity index (χ3v) is 4.51. The molecule has 1 aromatic rings. The topological polar surface area (TPSA) is 38.4 Å². The standard InChI is InChI=1S/C14H20N2S/c1-17-13-9-7-12(8-10-13)16-14(15)11-5-3-2-4-6-11/h2-6,12-13H,7-10H2,1H3,(H2,15,16). The Hall–Kier alpha value is -0.960. The van der Waals surface area contributed by atoms with Gasteiger partial charge in [0.05, 0.1) is 6.04 Å². The molecular formula is C14H20N2S. The summed E-state index contributed by atoms with van der Waals surface area (Å²) in [6, 6.07) is 10.5. The van der Waals surface area contributed by atoms with E-state index in [4.69, 9.17) is 5.73 Å². The zero-order chi connectivity index (χ0) is 12.1. The van der Waals surface area contributed by atoms with Crippen molar-refractivity contribution in [1.29, 1.82) is 0 Å². The molecule has 0 saturated heterocycles. The third-order valence-electron chi connectivity index (χ3n) is 3.37. The molecule has 0 aromatic heterocycles. The van der Waals surface area contributed by atoms with E-state index in [2.05, 4.69) is 11.2 Å². The number of benzene rings is 1. The molecule has 1 saturated carbocycles. The summed E-state index contributed by atoms with van der Waals surface area (Å²) in [6.07, 6.45) is 7.11. The summed E-state index contributed by atoms with van der Waals surface area (Å²) >= 11 is 1.98. The molecule has 1 fully saturated rings. The number of aliphatic imine (C=N–C) groups is 1. The molecule has 0 atom stereocenters. The molecule has 0 unspecified atom stereocenters. The van der Waals surface area contributed by atoms with Gasteiger partial charge >= 0.3 is 0 Å². The maximum absolute atomic E-state index is 6.04. The van der Waals surface area contributed by atoms with Crippen LogP contribution < -0.4 is 5.73 Å². The summed E-state index contributed by atoms with van der Waals surface area (Å²) in [5.74, 6) is 0.693. The van der Waals surface area contributed by atoms with E-state index in [1.165, 1.54) is 25.7 Å². The van der Waals surface area contributed by atoms with Crippen molar-refractivity contribution in [2.45, 2.75) is 37.0 Å². The van der Waals surface area contributed by atoms with Crippen molar-refractivity contribution in [2.75, 3.05) is 6.26 Å². The number of nitrogens with two attached hydrogens (primary N) is 1. The minimum Gasteiger partial charge on any atom is -0.383 e. The average Bonchev–Trinajstić information content (AvgIpc) is 2.40. The van der Waals surface area contributed by atoms with Crippen molar-refractivity contribution in [3.05, 3.63) is 35.9 Å². The Morgan fingerprint density at radius 1 is 1.18 bits per heavy atom. The van der Waals surface area contributed by atoms with Gasteiger partial charge in [-0.2, -0.15) is 11.8 Å². The quantitative estimate of drug-likeness (QED) is 0.659. The summed E-state index contributed by atoms with van der Waals surface area (Å²) in [6.45, 7) is 0. The number of thioether (sulfide) groups is 1. The highest BCUT2D eigenvalue weighted by atomic mass is 32.2. The number of hydrogen-bond donors (Lipinski definition) is 1. The second-order valence-electron chi connectivity index (χ2n) is 4.55. The summed E-state index contributed by atoms with van der Waals surface area (Å²) in [5, 5.41) is 0.833. The molecule has 0 amide bonds. The molecule has 2 N–H and O–H groups in total. The Kier molecular flexibility index (Phi) is 4.49. The summed E-state index contributed by atoms with van der Waals surface area (Å²) in [4.78, 5) is 4.66. The van der Waals surface area contributed by atoms with Crippen LogP contribution in [0, 0.1) is 0 Å². The Balaban J connectivity index is 1.96. The van der Waals surface area contributed by atoms with Gasteiger partial charge in [0.25, 0.3) is 0 Å². The molecule has 0 aliphatic heterocycles. The van der Waals surface area contributed by atoms with Crippen molar-refractivity contribution in [3.8, 4) is 0 Å². The molecule has 1 aliphatic carbocycles. The molecule has 2 rings (SSSR count). The number of hydrogen-bond acceptors (Lipinski definition) is 2. The van der Waals surface area contributed by atoms with Crippen LogP contribution in [0.3, 0.4) is 0 Å². The zero-order valence-electron chi connectivity index (χ0n) is 10.3. The minimum atomic E-state index is 0.429. The zero-order valence-corrected chi connectivity index (χ0v) is 11.1. The highest BCUT2D eigenvalue weighted by Gasteiger charge is 2.19. The second-order valence-corrected chi connectivity index (χ2v) is 5.68. The van der Waals surface area contributed by atoms with Crippen LogP contribution in [0.1, 0.15) is 31.2 Å². The molecule has 0 spiro atoms. The average molecular weight is 248 g/mol. The van der Waals surface area contributed by atoms with Gasteiger partial charge in [0, 0.05) is 10.8 Å². The van der Waals surface area contributed by atoms with Gasteiger partial charge in [0.1, 0.15) is 5.84 Å². The fraction of sp³-hybridized carbons (Fsp3) is 0.500. The Morgan fingerprint density at radius 3 is 2.41 bits per heavy atom. The smallest absolute Gasteiger partial charge is 0.125 e. The Labute approximate surface area is 108 Å². The van der Waals surface area contributed by atoms with Crippen molar-refractivity contribution in [2.24, 2.45) is 10.7 Å². The summed E-state index contributed by atoms with van der Waals surface area (Å²) in [7, 11) is 0. The molecule has 3 heteroatoms. The third kappa shape index (κ3) is 3.50. The van der Waals surface area contributed by atoms with Crippen LogP contribution in [-0.4, -0.2) is 23.4 Å². The van der Waals surface area contributed by atoms with E-state index in [0.717, 1.165) is 10.8 Å². The van der Waals surface area contributed by atoms with Crippen LogP contribution in [-0.2, 0) is 0 Å². The van der Waals surface area contributed by atoms with Gasteiger partial charge in [-0.15, -0.1) is 0 Å².